The van der Waals surface area contributed by atoms with Crippen molar-refractivity contribution in [2.75, 3.05) is 19.8 Å². The molecule has 0 aliphatic heterocycles. The standard InChI is InChI=1S/C15H20O5/c1-4-18-10-11-8-7-9-12(14(16)19-5-2)13(11)15(17)20-6-3/h7-9H,4-6,10H2,1-3H3. The van der Waals surface area contributed by atoms with Crippen LogP contribution in [0.3, 0.4) is 0 Å². The van der Waals surface area contributed by atoms with E-state index in [0.717, 1.165) is 0 Å². The van der Waals surface area contributed by atoms with Crippen molar-refractivity contribution in [2.24, 2.45) is 0 Å². The lowest BCUT2D eigenvalue weighted by molar-refractivity contribution is 0.0473. The van der Waals surface area contributed by atoms with Gasteiger partial charge in [-0.05, 0) is 32.4 Å². The van der Waals surface area contributed by atoms with Crippen LogP contribution in [0.25, 0.3) is 0 Å². The third-order valence-corrected chi connectivity index (χ3v) is 2.59. The van der Waals surface area contributed by atoms with E-state index in [0.29, 0.717) is 12.2 Å². The number of rotatable bonds is 7. The van der Waals surface area contributed by atoms with Crippen LogP contribution in [0.2, 0.25) is 0 Å². The van der Waals surface area contributed by atoms with Gasteiger partial charge in [-0.3, -0.25) is 0 Å². The van der Waals surface area contributed by atoms with Crippen LogP contribution in [-0.4, -0.2) is 31.8 Å². The summed E-state index contributed by atoms with van der Waals surface area (Å²) in [5.74, 6) is -1.07. The highest BCUT2D eigenvalue weighted by Gasteiger charge is 2.22. The molecule has 0 fully saturated rings. The first-order valence-corrected chi connectivity index (χ1v) is 6.69. The Morgan fingerprint density at radius 2 is 1.60 bits per heavy atom. The second kappa shape index (κ2) is 8.32. The molecule has 0 spiro atoms. The molecule has 1 aromatic carbocycles. The van der Waals surface area contributed by atoms with E-state index in [1.165, 1.54) is 0 Å². The molecule has 110 valence electrons. The highest BCUT2D eigenvalue weighted by molar-refractivity contribution is 6.04. The van der Waals surface area contributed by atoms with Crippen molar-refractivity contribution in [3.63, 3.8) is 0 Å². The molecular formula is C15H20O5. The molecule has 0 unspecified atom stereocenters. The molecule has 1 rings (SSSR count). The van der Waals surface area contributed by atoms with Gasteiger partial charge in [0.1, 0.15) is 0 Å². The third kappa shape index (κ3) is 4.06. The number of carbonyl (C=O) groups excluding carboxylic acids is 2. The van der Waals surface area contributed by atoms with Crippen molar-refractivity contribution in [1.29, 1.82) is 0 Å². The minimum Gasteiger partial charge on any atom is -0.462 e. The molecule has 0 amide bonds. The highest BCUT2D eigenvalue weighted by Crippen LogP contribution is 2.19. The van der Waals surface area contributed by atoms with Gasteiger partial charge in [0.15, 0.2) is 0 Å². The molecular weight excluding hydrogens is 260 g/mol. The first kappa shape index (κ1) is 16.2. The van der Waals surface area contributed by atoms with Crippen LogP contribution in [-0.2, 0) is 20.8 Å². The van der Waals surface area contributed by atoms with Gasteiger partial charge in [-0.25, -0.2) is 9.59 Å². The largest absolute Gasteiger partial charge is 0.462 e. The summed E-state index contributed by atoms with van der Waals surface area (Å²) >= 11 is 0. The van der Waals surface area contributed by atoms with Gasteiger partial charge in [0.2, 0.25) is 0 Å². The Kier molecular flexibility index (Phi) is 6.73. The minimum atomic E-state index is -0.536. The van der Waals surface area contributed by atoms with Crippen molar-refractivity contribution in [3.8, 4) is 0 Å². The predicted octanol–water partition coefficient (Wildman–Crippen LogP) is 2.58. The maximum atomic E-state index is 12.1. The topological polar surface area (TPSA) is 61.8 Å². The lowest BCUT2D eigenvalue weighted by Crippen LogP contribution is -2.17. The molecule has 0 aliphatic carbocycles. The zero-order valence-electron chi connectivity index (χ0n) is 12.1. The summed E-state index contributed by atoms with van der Waals surface area (Å²) in [7, 11) is 0. The molecule has 0 saturated carbocycles. The van der Waals surface area contributed by atoms with Gasteiger partial charge in [0.05, 0.1) is 30.9 Å². The maximum absolute atomic E-state index is 12.1. The molecule has 5 heteroatoms. The van der Waals surface area contributed by atoms with E-state index in [-0.39, 0.29) is 30.9 Å². The second-order valence-electron chi connectivity index (χ2n) is 3.92. The van der Waals surface area contributed by atoms with Gasteiger partial charge < -0.3 is 14.2 Å². The van der Waals surface area contributed by atoms with Crippen LogP contribution in [0, 0.1) is 0 Å². The monoisotopic (exact) mass is 280 g/mol. The summed E-state index contributed by atoms with van der Waals surface area (Å²) in [4.78, 5) is 24.0. The molecule has 0 saturated heterocycles. The molecule has 1 aromatic rings. The molecule has 5 nitrogen and oxygen atoms in total. The highest BCUT2D eigenvalue weighted by atomic mass is 16.5. The Morgan fingerprint density at radius 1 is 0.950 bits per heavy atom. The summed E-state index contributed by atoms with van der Waals surface area (Å²) in [6, 6.07) is 4.99. The van der Waals surface area contributed by atoms with Gasteiger partial charge in [-0.15, -0.1) is 0 Å². The van der Waals surface area contributed by atoms with E-state index in [1.54, 1.807) is 32.0 Å². The Morgan fingerprint density at radius 3 is 2.20 bits per heavy atom. The van der Waals surface area contributed by atoms with E-state index in [2.05, 4.69) is 0 Å². The number of benzene rings is 1. The fourth-order valence-electron chi connectivity index (χ4n) is 1.76. The van der Waals surface area contributed by atoms with Crippen LogP contribution in [0.4, 0.5) is 0 Å². The van der Waals surface area contributed by atoms with Gasteiger partial charge in [-0.1, -0.05) is 12.1 Å². The molecule has 0 heterocycles. The van der Waals surface area contributed by atoms with Crippen molar-refractivity contribution < 1.29 is 23.8 Å². The quantitative estimate of drug-likeness (QED) is 0.718. The molecule has 0 aromatic heterocycles. The van der Waals surface area contributed by atoms with Crippen LogP contribution >= 0.6 is 0 Å². The second-order valence-corrected chi connectivity index (χ2v) is 3.92. The summed E-state index contributed by atoms with van der Waals surface area (Å²) < 4.78 is 15.3. The number of esters is 2. The van der Waals surface area contributed by atoms with Crippen LogP contribution < -0.4 is 0 Å². The van der Waals surface area contributed by atoms with Crippen molar-refractivity contribution >= 4 is 11.9 Å². The lowest BCUT2D eigenvalue weighted by Gasteiger charge is -2.13. The normalized spacial score (nSPS) is 10.2. The summed E-state index contributed by atoms with van der Waals surface area (Å²) in [5.41, 5.74) is 1.06. The first-order chi connectivity index (χ1) is 9.65. The lowest BCUT2D eigenvalue weighted by atomic mass is 10.0. The first-order valence-electron chi connectivity index (χ1n) is 6.69. The Hall–Kier alpha value is -1.88. The maximum Gasteiger partial charge on any atom is 0.339 e. The Labute approximate surface area is 118 Å². The van der Waals surface area contributed by atoms with E-state index in [9.17, 15) is 9.59 Å². The average Bonchev–Trinajstić information content (AvgIpc) is 2.45. The van der Waals surface area contributed by atoms with Gasteiger partial charge in [-0.2, -0.15) is 0 Å². The fourth-order valence-corrected chi connectivity index (χ4v) is 1.76. The smallest absolute Gasteiger partial charge is 0.339 e. The van der Waals surface area contributed by atoms with E-state index >= 15 is 0 Å². The van der Waals surface area contributed by atoms with E-state index in [4.69, 9.17) is 14.2 Å². The molecule has 0 aliphatic rings. The van der Waals surface area contributed by atoms with Gasteiger partial charge in [0.25, 0.3) is 0 Å². The summed E-state index contributed by atoms with van der Waals surface area (Å²) in [6.07, 6.45) is 0. The zero-order valence-corrected chi connectivity index (χ0v) is 12.1. The number of ether oxygens (including phenoxy) is 3. The van der Waals surface area contributed by atoms with Crippen LogP contribution in [0.5, 0.6) is 0 Å². The Balaban J connectivity index is 3.20. The molecule has 0 N–H and O–H groups in total. The molecule has 0 atom stereocenters. The number of carbonyl (C=O) groups is 2. The van der Waals surface area contributed by atoms with E-state index in [1.807, 2.05) is 6.92 Å². The molecule has 0 bridgehead atoms. The Bertz CT molecular complexity index is 467. The van der Waals surface area contributed by atoms with Crippen molar-refractivity contribution in [2.45, 2.75) is 27.4 Å². The minimum absolute atomic E-state index is 0.211. The average molecular weight is 280 g/mol. The van der Waals surface area contributed by atoms with Gasteiger partial charge in [0, 0.05) is 6.61 Å². The molecule has 20 heavy (non-hydrogen) atoms. The van der Waals surface area contributed by atoms with E-state index < -0.39 is 11.9 Å². The van der Waals surface area contributed by atoms with Crippen LogP contribution in [0.1, 0.15) is 47.1 Å². The zero-order chi connectivity index (χ0) is 15.0. The van der Waals surface area contributed by atoms with Crippen molar-refractivity contribution in [1.82, 2.24) is 0 Å². The number of hydrogen-bond acceptors (Lipinski definition) is 5. The fraction of sp³-hybridized carbons (Fsp3) is 0.467. The SMILES string of the molecule is CCOCc1cccc(C(=O)OCC)c1C(=O)OCC. The van der Waals surface area contributed by atoms with Gasteiger partial charge >= 0.3 is 11.9 Å². The summed E-state index contributed by atoms with van der Waals surface area (Å²) in [5, 5.41) is 0. The predicted molar refractivity (Wildman–Crippen MR) is 73.7 cm³/mol. The third-order valence-electron chi connectivity index (χ3n) is 2.59. The molecule has 0 radical (unpaired) electrons. The number of hydrogen-bond donors (Lipinski definition) is 0. The summed E-state index contributed by atoms with van der Waals surface area (Å²) in [6.45, 7) is 6.54. The van der Waals surface area contributed by atoms with Crippen molar-refractivity contribution in [3.05, 3.63) is 34.9 Å². The van der Waals surface area contributed by atoms with Crippen LogP contribution in [0.15, 0.2) is 18.2 Å².